The molecule has 1 amide bonds. The highest BCUT2D eigenvalue weighted by Crippen LogP contribution is 2.22. The lowest BCUT2D eigenvalue weighted by Gasteiger charge is -2.10. The Morgan fingerprint density at radius 1 is 1.13 bits per heavy atom. The van der Waals surface area contributed by atoms with Crippen LogP contribution in [-0.4, -0.2) is 28.0 Å². The average molecular weight is 336 g/mol. The van der Waals surface area contributed by atoms with Crippen LogP contribution in [0, 0.1) is 0 Å². The molecule has 2 aromatic carbocycles. The number of sulfonamides is 1. The van der Waals surface area contributed by atoms with Crippen LogP contribution in [0.1, 0.15) is 0 Å². The van der Waals surface area contributed by atoms with E-state index in [9.17, 15) is 13.2 Å². The van der Waals surface area contributed by atoms with Crippen LogP contribution in [0.4, 0.5) is 5.69 Å². The standard InChI is InChI=1S/C15H16N2O5S/c1-21-12-7-5-11(6-8-12)17-23(19,20)14-4-2-3-13(9-14)22-10-15(16)18/h2-9,17H,10H2,1H3,(H2,16,18). The summed E-state index contributed by atoms with van der Waals surface area (Å²) < 4.78 is 37.3. The van der Waals surface area contributed by atoms with Crippen molar-refractivity contribution in [3.8, 4) is 11.5 Å². The second kappa shape index (κ2) is 7.01. The third-order valence-electron chi connectivity index (χ3n) is 2.84. The molecule has 3 N–H and O–H groups in total. The number of methoxy groups -OCH3 is 1. The number of benzene rings is 2. The Balaban J connectivity index is 2.17. The molecule has 0 unspecified atom stereocenters. The molecule has 0 saturated carbocycles. The number of carbonyl (C=O) groups is 1. The van der Waals surface area contributed by atoms with Crippen molar-refractivity contribution in [3.63, 3.8) is 0 Å². The maximum atomic E-state index is 12.4. The van der Waals surface area contributed by atoms with E-state index in [1.807, 2.05) is 0 Å². The summed E-state index contributed by atoms with van der Waals surface area (Å²) in [5.41, 5.74) is 5.38. The zero-order chi connectivity index (χ0) is 16.9. The predicted octanol–water partition coefficient (Wildman–Crippen LogP) is 1.36. The van der Waals surface area contributed by atoms with Gasteiger partial charge in [-0.3, -0.25) is 9.52 Å². The number of hydrogen-bond donors (Lipinski definition) is 2. The lowest BCUT2D eigenvalue weighted by molar-refractivity contribution is -0.119. The first kappa shape index (κ1) is 16.6. The molecule has 0 aliphatic carbocycles. The van der Waals surface area contributed by atoms with Crippen molar-refractivity contribution in [3.05, 3.63) is 48.5 Å². The Hall–Kier alpha value is -2.74. The maximum Gasteiger partial charge on any atom is 0.262 e. The van der Waals surface area contributed by atoms with Crippen LogP contribution in [0.5, 0.6) is 11.5 Å². The number of anilines is 1. The molecule has 0 atom stereocenters. The van der Waals surface area contributed by atoms with E-state index >= 15 is 0 Å². The molecule has 23 heavy (non-hydrogen) atoms. The molecule has 2 rings (SSSR count). The van der Waals surface area contributed by atoms with Crippen LogP contribution >= 0.6 is 0 Å². The molecule has 0 aliphatic rings. The minimum Gasteiger partial charge on any atom is -0.497 e. The zero-order valence-corrected chi connectivity index (χ0v) is 13.2. The Kier molecular flexibility index (Phi) is 5.07. The summed E-state index contributed by atoms with van der Waals surface area (Å²) in [4.78, 5) is 10.7. The van der Waals surface area contributed by atoms with E-state index in [0.717, 1.165) is 0 Å². The number of carbonyl (C=O) groups excluding carboxylic acids is 1. The Morgan fingerprint density at radius 3 is 2.43 bits per heavy atom. The molecule has 7 nitrogen and oxygen atoms in total. The van der Waals surface area contributed by atoms with Gasteiger partial charge in [0.05, 0.1) is 12.0 Å². The first-order valence-corrected chi connectivity index (χ1v) is 8.07. The Bertz CT molecular complexity index is 788. The van der Waals surface area contributed by atoms with Gasteiger partial charge in [-0.15, -0.1) is 0 Å². The maximum absolute atomic E-state index is 12.4. The molecule has 122 valence electrons. The first-order chi connectivity index (χ1) is 10.9. The zero-order valence-electron chi connectivity index (χ0n) is 12.4. The molecular formula is C15H16N2O5S. The van der Waals surface area contributed by atoms with E-state index in [4.69, 9.17) is 15.2 Å². The fourth-order valence-electron chi connectivity index (χ4n) is 1.76. The molecule has 0 radical (unpaired) electrons. The lowest BCUT2D eigenvalue weighted by Crippen LogP contribution is -2.20. The number of primary amides is 1. The fraction of sp³-hybridized carbons (Fsp3) is 0.133. The molecule has 2 aromatic rings. The number of ether oxygens (including phenoxy) is 2. The van der Waals surface area contributed by atoms with Crippen molar-refractivity contribution >= 4 is 21.6 Å². The number of amides is 1. The normalized spacial score (nSPS) is 10.8. The van der Waals surface area contributed by atoms with Crippen LogP contribution in [-0.2, 0) is 14.8 Å². The second-order valence-corrected chi connectivity index (χ2v) is 6.25. The molecule has 0 saturated heterocycles. The lowest BCUT2D eigenvalue weighted by atomic mass is 10.3. The van der Waals surface area contributed by atoms with Gasteiger partial charge in [0, 0.05) is 11.8 Å². The summed E-state index contributed by atoms with van der Waals surface area (Å²) in [6.07, 6.45) is 0. The van der Waals surface area contributed by atoms with E-state index in [2.05, 4.69) is 4.72 Å². The largest absolute Gasteiger partial charge is 0.497 e. The van der Waals surface area contributed by atoms with Gasteiger partial charge in [-0.05, 0) is 36.4 Å². The van der Waals surface area contributed by atoms with Crippen molar-refractivity contribution < 1.29 is 22.7 Å². The summed E-state index contributed by atoms with van der Waals surface area (Å²) >= 11 is 0. The van der Waals surface area contributed by atoms with Gasteiger partial charge in [-0.1, -0.05) is 6.07 Å². The molecule has 0 heterocycles. The molecule has 0 fully saturated rings. The summed E-state index contributed by atoms with van der Waals surface area (Å²) in [7, 11) is -2.26. The van der Waals surface area contributed by atoms with E-state index < -0.39 is 15.9 Å². The molecule has 0 bridgehead atoms. The number of rotatable bonds is 7. The number of hydrogen-bond acceptors (Lipinski definition) is 5. The van der Waals surface area contributed by atoms with Crippen LogP contribution in [0.2, 0.25) is 0 Å². The van der Waals surface area contributed by atoms with E-state index in [-0.39, 0.29) is 17.3 Å². The molecule has 0 aliphatic heterocycles. The van der Waals surface area contributed by atoms with Gasteiger partial charge in [0.1, 0.15) is 11.5 Å². The summed E-state index contributed by atoms with van der Waals surface area (Å²) in [5.74, 6) is 0.214. The minimum absolute atomic E-state index is 0.00953. The van der Waals surface area contributed by atoms with Crippen molar-refractivity contribution in [2.45, 2.75) is 4.90 Å². The first-order valence-electron chi connectivity index (χ1n) is 6.59. The van der Waals surface area contributed by atoms with Gasteiger partial charge in [-0.25, -0.2) is 8.42 Å². The Morgan fingerprint density at radius 2 is 1.83 bits per heavy atom. The highest BCUT2D eigenvalue weighted by molar-refractivity contribution is 7.92. The van der Waals surface area contributed by atoms with Gasteiger partial charge in [0.25, 0.3) is 15.9 Å². The number of nitrogens with one attached hydrogen (secondary N) is 1. The van der Waals surface area contributed by atoms with Crippen molar-refractivity contribution in [2.75, 3.05) is 18.4 Å². The van der Waals surface area contributed by atoms with E-state index in [0.29, 0.717) is 11.4 Å². The smallest absolute Gasteiger partial charge is 0.262 e. The van der Waals surface area contributed by atoms with E-state index in [1.165, 1.54) is 31.4 Å². The quantitative estimate of drug-likeness (QED) is 0.794. The average Bonchev–Trinajstić information content (AvgIpc) is 2.53. The van der Waals surface area contributed by atoms with Crippen LogP contribution in [0.15, 0.2) is 53.4 Å². The van der Waals surface area contributed by atoms with Crippen molar-refractivity contribution in [2.24, 2.45) is 5.73 Å². The highest BCUT2D eigenvalue weighted by Gasteiger charge is 2.15. The predicted molar refractivity (Wildman–Crippen MR) is 84.9 cm³/mol. The van der Waals surface area contributed by atoms with Gasteiger partial charge in [0.15, 0.2) is 6.61 Å². The van der Waals surface area contributed by atoms with Crippen LogP contribution in [0.25, 0.3) is 0 Å². The third kappa shape index (κ3) is 4.62. The summed E-state index contributed by atoms with van der Waals surface area (Å²) in [6.45, 7) is -0.324. The van der Waals surface area contributed by atoms with Gasteiger partial charge < -0.3 is 15.2 Å². The van der Waals surface area contributed by atoms with Gasteiger partial charge in [0.2, 0.25) is 0 Å². The van der Waals surface area contributed by atoms with Gasteiger partial charge >= 0.3 is 0 Å². The van der Waals surface area contributed by atoms with Crippen molar-refractivity contribution in [1.29, 1.82) is 0 Å². The van der Waals surface area contributed by atoms with Gasteiger partial charge in [-0.2, -0.15) is 0 Å². The topological polar surface area (TPSA) is 108 Å². The van der Waals surface area contributed by atoms with E-state index in [1.54, 1.807) is 24.3 Å². The van der Waals surface area contributed by atoms with Crippen LogP contribution < -0.4 is 19.9 Å². The van der Waals surface area contributed by atoms with Crippen LogP contribution in [0.3, 0.4) is 0 Å². The number of nitrogens with two attached hydrogens (primary N) is 1. The Labute approximate surface area is 134 Å². The molecular weight excluding hydrogens is 320 g/mol. The SMILES string of the molecule is COc1ccc(NS(=O)(=O)c2cccc(OCC(N)=O)c2)cc1. The minimum atomic E-state index is -3.78. The van der Waals surface area contributed by atoms with Crippen molar-refractivity contribution in [1.82, 2.24) is 0 Å². The molecule has 8 heteroatoms. The summed E-state index contributed by atoms with van der Waals surface area (Å²) in [6, 6.07) is 12.2. The molecule has 0 spiro atoms. The molecule has 0 aromatic heterocycles. The summed E-state index contributed by atoms with van der Waals surface area (Å²) in [5, 5.41) is 0. The fourth-order valence-corrected chi connectivity index (χ4v) is 2.85. The third-order valence-corrected chi connectivity index (χ3v) is 4.22. The highest BCUT2D eigenvalue weighted by atomic mass is 32.2. The monoisotopic (exact) mass is 336 g/mol. The second-order valence-electron chi connectivity index (χ2n) is 4.56.